The van der Waals surface area contributed by atoms with E-state index in [1.165, 1.54) is 11.3 Å². The Morgan fingerprint density at radius 3 is 2.48 bits per heavy atom. The summed E-state index contributed by atoms with van der Waals surface area (Å²) in [6.07, 6.45) is 1.72. The molecule has 1 aromatic heterocycles. The van der Waals surface area contributed by atoms with Crippen molar-refractivity contribution in [3.63, 3.8) is 0 Å². The van der Waals surface area contributed by atoms with Gasteiger partial charge in [0, 0.05) is 28.3 Å². The largest absolute Gasteiger partial charge is 0.508 e. The molecule has 0 saturated heterocycles. The van der Waals surface area contributed by atoms with E-state index in [0.29, 0.717) is 22.5 Å². The first-order valence-electron chi connectivity index (χ1n) is 7.00. The van der Waals surface area contributed by atoms with Gasteiger partial charge in [-0.2, -0.15) is 5.11 Å². The lowest BCUT2D eigenvalue weighted by molar-refractivity contribution is 0.470. The third-order valence-electron chi connectivity index (χ3n) is 3.60. The monoisotopic (exact) mass is 325 g/mol. The quantitative estimate of drug-likeness (QED) is 0.645. The average Bonchev–Trinajstić information content (AvgIpc) is 3.06. The van der Waals surface area contributed by atoms with E-state index in [-0.39, 0.29) is 11.5 Å². The van der Waals surface area contributed by atoms with Crippen LogP contribution in [0, 0.1) is 13.8 Å². The summed E-state index contributed by atoms with van der Waals surface area (Å²) in [5.74, 6) is 0.334. The number of aromatic nitrogens is 1. The lowest BCUT2D eigenvalue weighted by Crippen LogP contribution is -1.83. The molecule has 0 bridgehead atoms. The van der Waals surface area contributed by atoms with Gasteiger partial charge in [-0.1, -0.05) is 6.07 Å². The standard InChI is InChI=1S/C17H15N3O2S/c1-10-13(4-3-5-14(10)21)19-20-16-11(2)15(22)7-6-12(16)17-18-8-9-23-17/h3-9,21-22H,1-2H3. The lowest BCUT2D eigenvalue weighted by atomic mass is 10.1. The van der Waals surface area contributed by atoms with Crippen molar-refractivity contribution in [1.82, 2.24) is 4.98 Å². The first-order chi connectivity index (χ1) is 11.1. The molecule has 3 aromatic rings. The van der Waals surface area contributed by atoms with Crippen LogP contribution in [0.3, 0.4) is 0 Å². The summed E-state index contributed by atoms with van der Waals surface area (Å²) in [4.78, 5) is 4.30. The Morgan fingerprint density at radius 2 is 1.74 bits per heavy atom. The number of hydrogen-bond donors (Lipinski definition) is 2. The smallest absolute Gasteiger partial charge is 0.125 e. The van der Waals surface area contributed by atoms with Crippen molar-refractivity contribution in [2.45, 2.75) is 13.8 Å². The zero-order chi connectivity index (χ0) is 16.4. The zero-order valence-electron chi connectivity index (χ0n) is 12.7. The SMILES string of the molecule is Cc1c(O)cccc1N=Nc1c(-c2nccs2)ccc(O)c1C. The molecule has 0 radical (unpaired) electrons. The Labute approximate surface area is 137 Å². The molecule has 1 heterocycles. The first-order valence-corrected chi connectivity index (χ1v) is 7.88. The van der Waals surface area contributed by atoms with E-state index in [1.807, 2.05) is 5.38 Å². The third kappa shape index (κ3) is 2.93. The molecule has 3 rings (SSSR count). The second-order valence-electron chi connectivity index (χ2n) is 5.06. The fourth-order valence-electron chi connectivity index (χ4n) is 2.17. The second-order valence-corrected chi connectivity index (χ2v) is 5.96. The molecule has 23 heavy (non-hydrogen) atoms. The topological polar surface area (TPSA) is 78.1 Å². The average molecular weight is 325 g/mol. The molecule has 0 aliphatic carbocycles. The summed E-state index contributed by atoms with van der Waals surface area (Å²) in [6.45, 7) is 3.57. The van der Waals surface area contributed by atoms with E-state index in [2.05, 4.69) is 15.2 Å². The zero-order valence-corrected chi connectivity index (χ0v) is 13.5. The fraction of sp³-hybridized carbons (Fsp3) is 0.118. The summed E-state index contributed by atoms with van der Waals surface area (Å²) in [6, 6.07) is 8.51. The highest BCUT2D eigenvalue weighted by Gasteiger charge is 2.13. The number of rotatable bonds is 3. The van der Waals surface area contributed by atoms with Crippen LogP contribution in [0.5, 0.6) is 11.5 Å². The van der Waals surface area contributed by atoms with Gasteiger partial charge in [-0.15, -0.1) is 16.5 Å². The van der Waals surface area contributed by atoms with Crippen LogP contribution >= 0.6 is 11.3 Å². The van der Waals surface area contributed by atoms with Gasteiger partial charge in [0.2, 0.25) is 0 Å². The van der Waals surface area contributed by atoms with Gasteiger partial charge < -0.3 is 10.2 Å². The number of phenols is 2. The third-order valence-corrected chi connectivity index (χ3v) is 4.41. The number of aromatic hydroxyl groups is 2. The van der Waals surface area contributed by atoms with Crippen molar-refractivity contribution in [3.05, 3.63) is 53.0 Å². The number of hydrogen-bond acceptors (Lipinski definition) is 6. The Kier molecular flexibility index (Phi) is 4.08. The van der Waals surface area contributed by atoms with Gasteiger partial charge in [0.15, 0.2) is 0 Å². The van der Waals surface area contributed by atoms with Crippen molar-refractivity contribution in [2.75, 3.05) is 0 Å². The van der Waals surface area contributed by atoms with Crippen molar-refractivity contribution in [1.29, 1.82) is 0 Å². The van der Waals surface area contributed by atoms with E-state index >= 15 is 0 Å². The van der Waals surface area contributed by atoms with E-state index in [4.69, 9.17) is 0 Å². The number of benzene rings is 2. The van der Waals surface area contributed by atoms with Gasteiger partial charge in [-0.05, 0) is 38.1 Å². The van der Waals surface area contributed by atoms with E-state index in [1.54, 1.807) is 50.4 Å². The van der Waals surface area contributed by atoms with Crippen LogP contribution < -0.4 is 0 Å². The summed E-state index contributed by atoms with van der Waals surface area (Å²) < 4.78 is 0. The van der Waals surface area contributed by atoms with Gasteiger partial charge in [0.05, 0.1) is 5.69 Å². The van der Waals surface area contributed by atoms with Crippen LogP contribution in [0.4, 0.5) is 11.4 Å². The molecule has 0 unspecified atom stereocenters. The molecule has 5 nitrogen and oxygen atoms in total. The molecule has 0 spiro atoms. The fourth-order valence-corrected chi connectivity index (χ4v) is 2.84. The predicted molar refractivity (Wildman–Crippen MR) is 91.0 cm³/mol. The van der Waals surface area contributed by atoms with Crippen molar-refractivity contribution < 1.29 is 10.2 Å². The highest BCUT2D eigenvalue weighted by atomic mass is 32.1. The van der Waals surface area contributed by atoms with E-state index < -0.39 is 0 Å². The van der Waals surface area contributed by atoms with Gasteiger partial charge in [-0.25, -0.2) is 4.98 Å². The molecule has 116 valence electrons. The lowest BCUT2D eigenvalue weighted by Gasteiger charge is -2.08. The van der Waals surface area contributed by atoms with E-state index in [9.17, 15) is 10.2 Å². The van der Waals surface area contributed by atoms with Crippen LogP contribution in [-0.2, 0) is 0 Å². The summed E-state index contributed by atoms with van der Waals surface area (Å²) >= 11 is 1.50. The second kappa shape index (κ2) is 6.18. The van der Waals surface area contributed by atoms with Crippen molar-refractivity contribution in [3.8, 4) is 22.1 Å². The molecule has 0 aliphatic rings. The van der Waals surface area contributed by atoms with Crippen LogP contribution in [0.15, 0.2) is 52.1 Å². The van der Waals surface area contributed by atoms with Crippen LogP contribution in [0.1, 0.15) is 11.1 Å². The minimum Gasteiger partial charge on any atom is -0.508 e. The maximum absolute atomic E-state index is 9.96. The van der Waals surface area contributed by atoms with Crippen molar-refractivity contribution >= 4 is 22.7 Å². The van der Waals surface area contributed by atoms with Gasteiger partial charge in [0.1, 0.15) is 22.2 Å². The molecule has 0 amide bonds. The maximum Gasteiger partial charge on any atom is 0.125 e. The predicted octanol–water partition coefficient (Wildman–Crippen LogP) is 5.25. The highest BCUT2D eigenvalue weighted by Crippen LogP contribution is 2.39. The molecule has 0 fully saturated rings. The molecule has 0 aliphatic heterocycles. The maximum atomic E-state index is 9.96. The normalized spacial score (nSPS) is 11.2. The minimum absolute atomic E-state index is 0.159. The summed E-state index contributed by atoms with van der Waals surface area (Å²) in [7, 11) is 0. The number of azo groups is 1. The molecule has 0 saturated carbocycles. The van der Waals surface area contributed by atoms with Crippen LogP contribution in [-0.4, -0.2) is 15.2 Å². The molecular formula is C17H15N3O2S. The van der Waals surface area contributed by atoms with Gasteiger partial charge in [-0.3, -0.25) is 0 Å². The minimum atomic E-state index is 0.159. The van der Waals surface area contributed by atoms with Crippen LogP contribution in [0.2, 0.25) is 0 Å². The van der Waals surface area contributed by atoms with E-state index in [0.717, 1.165) is 10.6 Å². The molecular weight excluding hydrogens is 310 g/mol. The van der Waals surface area contributed by atoms with Gasteiger partial charge in [0.25, 0.3) is 0 Å². The highest BCUT2D eigenvalue weighted by molar-refractivity contribution is 7.13. The number of nitrogens with zero attached hydrogens (tertiary/aromatic N) is 3. The molecule has 6 heteroatoms. The molecule has 0 atom stereocenters. The number of thiazole rings is 1. The molecule has 2 aromatic carbocycles. The first kappa shape index (κ1) is 15.2. The molecule has 2 N–H and O–H groups in total. The Bertz CT molecular complexity index is 874. The summed E-state index contributed by atoms with van der Waals surface area (Å²) in [5.41, 5.74) is 3.27. The number of phenolic OH excluding ortho intramolecular Hbond substituents is 2. The Balaban J connectivity index is 2.10. The van der Waals surface area contributed by atoms with Gasteiger partial charge >= 0.3 is 0 Å². The Morgan fingerprint density at radius 1 is 0.957 bits per heavy atom. The summed E-state index contributed by atoms with van der Waals surface area (Å²) in [5, 5.41) is 31.0. The van der Waals surface area contributed by atoms with Crippen molar-refractivity contribution in [2.24, 2.45) is 10.2 Å². The Hall–Kier alpha value is -2.73. The van der Waals surface area contributed by atoms with Crippen LogP contribution in [0.25, 0.3) is 10.6 Å².